The second-order valence-electron chi connectivity index (χ2n) is 5.70. The first-order valence-corrected chi connectivity index (χ1v) is 8.12. The maximum absolute atomic E-state index is 13.4. The van der Waals surface area contributed by atoms with Gasteiger partial charge in [0.1, 0.15) is 17.5 Å². The minimum absolute atomic E-state index is 0.126. The fourth-order valence-electron chi connectivity index (χ4n) is 1.94. The van der Waals surface area contributed by atoms with Crippen LogP contribution in [0.4, 0.5) is 9.18 Å². The van der Waals surface area contributed by atoms with Gasteiger partial charge >= 0.3 is 16.4 Å². The zero-order valence-electron chi connectivity index (χ0n) is 12.2. The highest BCUT2D eigenvalue weighted by Crippen LogP contribution is 2.36. The van der Waals surface area contributed by atoms with Crippen LogP contribution in [0.15, 0.2) is 18.2 Å². The topological polar surface area (TPSA) is 72.9 Å². The lowest BCUT2D eigenvalue weighted by Gasteiger charge is -2.26. The smallest absolute Gasteiger partial charge is 0.426 e. The van der Waals surface area contributed by atoms with E-state index in [2.05, 4.69) is 4.18 Å². The molecule has 1 heterocycles. The molecule has 1 aliphatic heterocycles. The molecular weight excluding hydrogens is 337 g/mol. The zero-order valence-corrected chi connectivity index (χ0v) is 13.7. The van der Waals surface area contributed by atoms with Crippen molar-refractivity contribution in [2.45, 2.75) is 32.4 Å². The van der Waals surface area contributed by atoms with E-state index in [4.69, 9.17) is 16.3 Å². The maximum Gasteiger partial charge on any atom is 0.426 e. The number of hydrogen-bond acceptors (Lipinski definition) is 5. The molecule has 1 saturated heterocycles. The SMILES string of the molecule is CC(C)(C)OC(=O)N1[C@@H](c2cc(F)ccc2Cl)COS1(=O)=O. The van der Waals surface area contributed by atoms with Crippen LogP contribution in [0.25, 0.3) is 0 Å². The normalized spacial score (nSPS) is 21.0. The Morgan fingerprint density at radius 3 is 2.68 bits per heavy atom. The van der Waals surface area contributed by atoms with E-state index in [1.54, 1.807) is 20.8 Å². The van der Waals surface area contributed by atoms with Crippen molar-refractivity contribution in [2.75, 3.05) is 6.61 Å². The fourth-order valence-corrected chi connectivity index (χ4v) is 3.31. The zero-order chi connectivity index (χ0) is 16.7. The van der Waals surface area contributed by atoms with E-state index < -0.39 is 33.9 Å². The number of carbonyl (C=O) groups excluding carboxylic acids is 1. The molecule has 6 nitrogen and oxygen atoms in total. The number of nitrogens with zero attached hydrogens (tertiary/aromatic N) is 1. The highest BCUT2D eigenvalue weighted by atomic mass is 35.5. The molecule has 1 fully saturated rings. The number of halogens is 2. The number of rotatable bonds is 1. The fraction of sp³-hybridized carbons (Fsp3) is 0.462. The minimum atomic E-state index is -4.31. The van der Waals surface area contributed by atoms with Crippen molar-refractivity contribution in [2.24, 2.45) is 0 Å². The third-order valence-electron chi connectivity index (χ3n) is 2.79. The maximum atomic E-state index is 13.4. The lowest BCUT2D eigenvalue weighted by atomic mass is 10.1. The number of ether oxygens (including phenoxy) is 1. The van der Waals surface area contributed by atoms with Crippen LogP contribution in [-0.4, -0.2) is 31.0 Å². The van der Waals surface area contributed by atoms with Gasteiger partial charge in [-0.3, -0.25) is 4.18 Å². The van der Waals surface area contributed by atoms with Crippen LogP contribution in [-0.2, 0) is 19.2 Å². The lowest BCUT2D eigenvalue weighted by molar-refractivity contribution is 0.0356. The van der Waals surface area contributed by atoms with Crippen LogP contribution in [0.3, 0.4) is 0 Å². The van der Waals surface area contributed by atoms with Gasteiger partial charge in [0, 0.05) is 5.02 Å². The minimum Gasteiger partial charge on any atom is -0.443 e. The number of amides is 1. The molecule has 0 saturated carbocycles. The van der Waals surface area contributed by atoms with Gasteiger partial charge < -0.3 is 4.74 Å². The van der Waals surface area contributed by atoms with E-state index in [9.17, 15) is 17.6 Å². The van der Waals surface area contributed by atoms with Gasteiger partial charge in [0.05, 0.1) is 6.61 Å². The van der Waals surface area contributed by atoms with Crippen molar-refractivity contribution in [1.82, 2.24) is 4.31 Å². The van der Waals surface area contributed by atoms with E-state index in [-0.39, 0.29) is 17.2 Å². The van der Waals surface area contributed by atoms with Crippen molar-refractivity contribution in [3.8, 4) is 0 Å². The van der Waals surface area contributed by atoms with Crippen LogP contribution in [0.5, 0.6) is 0 Å². The average molecular weight is 352 g/mol. The van der Waals surface area contributed by atoms with Crippen LogP contribution in [0, 0.1) is 5.82 Å². The highest BCUT2D eigenvalue weighted by Gasteiger charge is 2.46. The van der Waals surface area contributed by atoms with Gasteiger partial charge in [0.25, 0.3) is 0 Å². The van der Waals surface area contributed by atoms with E-state index >= 15 is 0 Å². The summed E-state index contributed by atoms with van der Waals surface area (Å²) >= 11 is 5.98. The molecule has 0 aromatic heterocycles. The molecule has 2 rings (SSSR count). The van der Waals surface area contributed by atoms with Gasteiger partial charge in [0.2, 0.25) is 0 Å². The molecule has 0 bridgehead atoms. The standard InChI is InChI=1S/C13H15ClFNO5S/c1-13(2,3)21-12(17)16-11(7-20-22(16,18)19)9-6-8(15)4-5-10(9)14/h4-6,11H,7H2,1-3H3/t11-/m1/s1. The van der Waals surface area contributed by atoms with Crippen LogP contribution in [0.2, 0.25) is 5.02 Å². The van der Waals surface area contributed by atoms with E-state index in [1.807, 2.05) is 0 Å². The lowest BCUT2D eigenvalue weighted by Crippen LogP contribution is -2.39. The monoisotopic (exact) mass is 351 g/mol. The number of benzene rings is 1. The molecule has 0 spiro atoms. The Balaban J connectivity index is 2.43. The number of carbonyl (C=O) groups is 1. The second kappa shape index (κ2) is 5.68. The summed E-state index contributed by atoms with van der Waals surface area (Å²) in [4.78, 5) is 12.2. The summed E-state index contributed by atoms with van der Waals surface area (Å²) in [5.74, 6) is -0.604. The van der Waals surface area contributed by atoms with Gasteiger partial charge in [-0.1, -0.05) is 11.6 Å². The van der Waals surface area contributed by atoms with Gasteiger partial charge in [0.15, 0.2) is 0 Å². The van der Waals surface area contributed by atoms with E-state index in [1.165, 1.54) is 6.07 Å². The molecule has 1 aromatic carbocycles. The van der Waals surface area contributed by atoms with Gasteiger partial charge in [-0.05, 0) is 44.5 Å². The van der Waals surface area contributed by atoms with Crippen molar-refractivity contribution in [3.05, 3.63) is 34.6 Å². The molecule has 1 amide bonds. The van der Waals surface area contributed by atoms with Gasteiger partial charge in [-0.2, -0.15) is 12.7 Å². The van der Waals surface area contributed by atoms with E-state index in [0.717, 1.165) is 12.1 Å². The molecule has 0 unspecified atom stereocenters. The Kier molecular flexibility index (Phi) is 4.38. The summed E-state index contributed by atoms with van der Waals surface area (Å²) in [6.07, 6.45) is -1.10. The summed E-state index contributed by atoms with van der Waals surface area (Å²) < 4.78 is 47.5. The van der Waals surface area contributed by atoms with Crippen molar-refractivity contribution < 1.29 is 26.5 Å². The Morgan fingerprint density at radius 1 is 1.45 bits per heavy atom. The summed E-state index contributed by atoms with van der Waals surface area (Å²) in [6, 6.07) is 2.40. The molecular formula is C13H15ClFNO5S. The molecule has 0 aliphatic carbocycles. The summed E-state index contributed by atoms with van der Waals surface area (Å²) in [7, 11) is -4.31. The first-order valence-electron chi connectivity index (χ1n) is 6.38. The highest BCUT2D eigenvalue weighted by molar-refractivity contribution is 7.85. The third-order valence-corrected chi connectivity index (χ3v) is 4.45. The molecule has 0 N–H and O–H groups in total. The van der Waals surface area contributed by atoms with Crippen LogP contribution in [0.1, 0.15) is 32.4 Å². The molecule has 1 aliphatic rings. The third kappa shape index (κ3) is 3.50. The average Bonchev–Trinajstić information content (AvgIpc) is 2.66. The number of hydrogen-bond donors (Lipinski definition) is 0. The van der Waals surface area contributed by atoms with Crippen molar-refractivity contribution in [1.29, 1.82) is 0 Å². The van der Waals surface area contributed by atoms with Gasteiger partial charge in [-0.25, -0.2) is 9.18 Å². The Morgan fingerprint density at radius 2 is 2.09 bits per heavy atom. The molecule has 22 heavy (non-hydrogen) atoms. The van der Waals surface area contributed by atoms with Gasteiger partial charge in [-0.15, -0.1) is 0 Å². The predicted octanol–water partition coefficient (Wildman–Crippen LogP) is 3.03. The largest absolute Gasteiger partial charge is 0.443 e. The summed E-state index contributed by atoms with van der Waals surface area (Å²) in [6.45, 7) is 4.43. The molecule has 122 valence electrons. The van der Waals surface area contributed by atoms with Crippen molar-refractivity contribution in [3.63, 3.8) is 0 Å². The molecule has 1 atom stereocenters. The quantitative estimate of drug-likeness (QED) is 0.777. The van der Waals surface area contributed by atoms with Crippen LogP contribution >= 0.6 is 11.6 Å². The Labute approximate surface area is 133 Å². The molecule has 1 aromatic rings. The molecule has 0 radical (unpaired) electrons. The summed E-state index contributed by atoms with van der Waals surface area (Å²) in [5, 5.41) is 0.126. The molecule has 9 heteroatoms. The van der Waals surface area contributed by atoms with E-state index in [0.29, 0.717) is 4.31 Å². The Hall–Kier alpha value is -1.38. The summed E-state index contributed by atoms with van der Waals surface area (Å²) in [5.41, 5.74) is -0.764. The van der Waals surface area contributed by atoms with Crippen molar-refractivity contribution >= 4 is 28.0 Å². The Bertz CT molecular complexity index is 701. The first kappa shape index (κ1) is 17.0. The first-order chi connectivity index (χ1) is 10.0. The second-order valence-corrected chi connectivity index (χ2v) is 7.59. The van der Waals surface area contributed by atoms with Crippen LogP contribution < -0.4 is 0 Å². The predicted molar refractivity (Wildman–Crippen MR) is 77.1 cm³/mol.